The van der Waals surface area contributed by atoms with Crippen LogP contribution in [0.1, 0.15) is 18.6 Å². The van der Waals surface area contributed by atoms with Crippen LogP contribution in [0.2, 0.25) is 0 Å². The van der Waals surface area contributed by atoms with Crippen molar-refractivity contribution in [1.82, 2.24) is 0 Å². The molecule has 6 nitrogen and oxygen atoms in total. The minimum absolute atomic E-state index is 0.0548. The number of ether oxygens (including phenoxy) is 2. The molecule has 0 saturated heterocycles. The number of benzene rings is 1. The topological polar surface area (TPSA) is 76.1 Å². The van der Waals surface area contributed by atoms with Gasteiger partial charge in [0.05, 0.1) is 25.9 Å². The molecule has 0 fully saturated rings. The van der Waals surface area contributed by atoms with Gasteiger partial charge in [0, 0.05) is 11.9 Å². The average molecular weight is 329 g/mol. The normalized spacial score (nSPS) is 15.1. The molecule has 0 amide bonds. The van der Waals surface area contributed by atoms with E-state index in [1.807, 2.05) is 0 Å². The summed E-state index contributed by atoms with van der Waals surface area (Å²) in [5.74, 6) is -1.30. The fraction of sp³-hybridized carbons (Fsp3) is 0.222. The van der Waals surface area contributed by atoms with E-state index in [4.69, 9.17) is 9.47 Å². The van der Waals surface area contributed by atoms with Gasteiger partial charge in [-0.3, -0.25) is 0 Å². The van der Waals surface area contributed by atoms with Crippen molar-refractivity contribution in [1.29, 1.82) is 0 Å². The molecule has 1 unspecified atom stereocenters. The number of aliphatic hydroxyl groups excluding tert-OH is 1. The Hall–Kier alpha value is -2.86. The summed E-state index contributed by atoms with van der Waals surface area (Å²) in [6.07, 6.45) is 5.89. The van der Waals surface area contributed by atoms with Gasteiger partial charge in [0.25, 0.3) is 0 Å². The van der Waals surface area contributed by atoms with Crippen LogP contribution in [0.3, 0.4) is 0 Å². The number of rotatable bonds is 4. The number of methoxy groups -OCH3 is 2. The first kappa shape index (κ1) is 17.5. The molecule has 1 aliphatic rings. The number of carbonyl (C=O) groups is 2. The van der Waals surface area contributed by atoms with Crippen molar-refractivity contribution in [3.8, 4) is 0 Å². The van der Waals surface area contributed by atoms with Gasteiger partial charge in [-0.25, -0.2) is 9.59 Å². The number of hydrogen-bond acceptors (Lipinski definition) is 6. The Kier molecular flexibility index (Phi) is 5.55. The maximum atomic E-state index is 12.3. The maximum absolute atomic E-state index is 12.3. The fourth-order valence-electron chi connectivity index (χ4n) is 2.28. The van der Waals surface area contributed by atoms with Crippen molar-refractivity contribution in [2.45, 2.75) is 13.0 Å². The van der Waals surface area contributed by atoms with Gasteiger partial charge in [0.15, 0.2) is 0 Å². The predicted octanol–water partition coefficient (Wildman–Crippen LogP) is 2.23. The molecular weight excluding hydrogens is 310 g/mol. The second-order valence-electron chi connectivity index (χ2n) is 5.08. The Bertz CT molecular complexity index is 713. The van der Waals surface area contributed by atoms with E-state index in [0.29, 0.717) is 5.69 Å². The molecule has 126 valence electrons. The van der Waals surface area contributed by atoms with Crippen molar-refractivity contribution in [2.75, 3.05) is 19.1 Å². The van der Waals surface area contributed by atoms with E-state index in [1.54, 1.807) is 54.4 Å². The molecule has 1 N–H and O–H groups in total. The minimum atomic E-state index is -0.661. The lowest BCUT2D eigenvalue weighted by atomic mass is 10.1. The van der Waals surface area contributed by atoms with E-state index in [0.717, 1.165) is 5.56 Å². The van der Waals surface area contributed by atoms with Gasteiger partial charge >= 0.3 is 11.9 Å². The highest BCUT2D eigenvalue weighted by atomic mass is 16.5. The third-order valence-corrected chi connectivity index (χ3v) is 3.54. The van der Waals surface area contributed by atoms with Gasteiger partial charge in [-0.2, -0.15) is 0 Å². The summed E-state index contributed by atoms with van der Waals surface area (Å²) in [5.41, 5.74) is 1.53. The summed E-state index contributed by atoms with van der Waals surface area (Å²) in [7, 11) is 2.50. The second-order valence-corrected chi connectivity index (χ2v) is 5.08. The molecule has 24 heavy (non-hydrogen) atoms. The molecule has 0 aliphatic carbocycles. The molecule has 1 aromatic rings. The van der Waals surface area contributed by atoms with Crippen LogP contribution in [0.4, 0.5) is 5.69 Å². The van der Waals surface area contributed by atoms with Crippen LogP contribution in [-0.2, 0) is 19.1 Å². The Morgan fingerprint density at radius 2 is 1.67 bits per heavy atom. The highest BCUT2D eigenvalue weighted by Gasteiger charge is 2.27. The average Bonchev–Trinajstić information content (AvgIpc) is 2.83. The van der Waals surface area contributed by atoms with Gasteiger partial charge in [-0.1, -0.05) is 18.2 Å². The zero-order valence-corrected chi connectivity index (χ0v) is 13.7. The molecule has 0 spiro atoms. The summed E-state index contributed by atoms with van der Waals surface area (Å²) < 4.78 is 9.59. The van der Waals surface area contributed by atoms with E-state index >= 15 is 0 Å². The molecule has 2 rings (SSSR count). The summed E-state index contributed by atoms with van der Waals surface area (Å²) >= 11 is 0. The van der Waals surface area contributed by atoms with Crippen LogP contribution < -0.4 is 4.90 Å². The number of anilines is 1. The SMILES string of the molecule is COC(=O)C1=C(C(=O)OC)N(c2ccc(C(C)O)cc2)C=CC=C1. The Balaban J connectivity index is 2.56. The van der Waals surface area contributed by atoms with Crippen LogP contribution in [0.25, 0.3) is 0 Å². The highest BCUT2D eigenvalue weighted by molar-refractivity contribution is 6.05. The minimum Gasteiger partial charge on any atom is -0.465 e. The zero-order valence-electron chi connectivity index (χ0n) is 13.7. The largest absolute Gasteiger partial charge is 0.465 e. The molecule has 1 aliphatic heterocycles. The predicted molar refractivity (Wildman–Crippen MR) is 88.9 cm³/mol. The van der Waals surface area contributed by atoms with Crippen molar-refractivity contribution in [3.63, 3.8) is 0 Å². The lowest BCUT2D eigenvalue weighted by Crippen LogP contribution is -2.26. The van der Waals surface area contributed by atoms with Crippen LogP contribution in [-0.4, -0.2) is 31.3 Å². The number of hydrogen-bond donors (Lipinski definition) is 1. The molecule has 1 atom stereocenters. The van der Waals surface area contributed by atoms with Crippen molar-refractivity contribution in [3.05, 3.63) is 65.5 Å². The van der Waals surface area contributed by atoms with E-state index in [1.165, 1.54) is 20.3 Å². The molecule has 0 bridgehead atoms. The van der Waals surface area contributed by atoms with E-state index in [-0.39, 0.29) is 11.3 Å². The first-order chi connectivity index (χ1) is 11.5. The number of aliphatic hydroxyl groups is 1. The Morgan fingerprint density at radius 3 is 2.21 bits per heavy atom. The van der Waals surface area contributed by atoms with E-state index in [2.05, 4.69) is 0 Å². The molecule has 0 aromatic heterocycles. The third-order valence-electron chi connectivity index (χ3n) is 3.54. The summed E-state index contributed by atoms with van der Waals surface area (Å²) in [5, 5.41) is 9.61. The lowest BCUT2D eigenvalue weighted by molar-refractivity contribution is -0.139. The van der Waals surface area contributed by atoms with Crippen LogP contribution in [0.15, 0.2) is 60.0 Å². The molecule has 1 heterocycles. The highest BCUT2D eigenvalue weighted by Crippen LogP contribution is 2.27. The zero-order chi connectivity index (χ0) is 17.7. The second kappa shape index (κ2) is 7.61. The van der Waals surface area contributed by atoms with Crippen LogP contribution in [0.5, 0.6) is 0 Å². The standard InChI is InChI=1S/C18H19NO5/c1-12(20)13-7-9-14(10-8-13)19-11-5-4-6-15(17(21)23-2)16(19)18(22)24-3/h4-12,20H,1-3H3. The van der Waals surface area contributed by atoms with Crippen molar-refractivity contribution >= 4 is 17.6 Å². The van der Waals surface area contributed by atoms with Gasteiger partial charge < -0.3 is 19.5 Å². The number of nitrogens with zero attached hydrogens (tertiary/aromatic N) is 1. The Labute approximate surface area is 140 Å². The van der Waals surface area contributed by atoms with Gasteiger partial charge in [-0.15, -0.1) is 0 Å². The summed E-state index contributed by atoms with van der Waals surface area (Å²) in [6.45, 7) is 1.67. The molecule has 1 aromatic carbocycles. The van der Waals surface area contributed by atoms with Gasteiger partial charge in [0.2, 0.25) is 0 Å². The van der Waals surface area contributed by atoms with Crippen LogP contribution in [0, 0.1) is 0 Å². The number of allylic oxidation sites excluding steroid dienone is 2. The molecule has 0 radical (unpaired) electrons. The van der Waals surface area contributed by atoms with E-state index in [9.17, 15) is 14.7 Å². The van der Waals surface area contributed by atoms with Gasteiger partial charge in [-0.05, 0) is 36.8 Å². The number of esters is 2. The quantitative estimate of drug-likeness (QED) is 0.854. The lowest BCUT2D eigenvalue weighted by Gasteiger charge is -2.23. The monoisotopic (exact) mass is 329 g/mol. The maximum Gasteiger partial charge on any atom is 0.355 e. The van der Waals surface area contributed by atoms with Crippen molar-refractivity contribution in [2.24, 2.45) is 0 Å². The van der Waals surface area contributed by atoms with E-state index < -0.39 is 18.0 Å². The fourth-order valence-corrected chi connectivity index (χ4v) is 2.28. The summed E-state index contributed by atoms with van der Waals surface area (Å²) in [6, 6.07) is 6.99. The molecule has 0 saturated carbocycles. The molecular formula is C18H19NO5. The summed E-state index contributed by atoms with van der Waals surface area (Å²) in [4.78, 5) is 25.9. The van der Waals surface area contributed by atoms with Gasteiger partial charge in [0.1, 0.15) is 5.70 Å². The van der Waals surface area contributed by atoms with Crippen molar-refractivity contribution < 1.29 is 24.2 Å². The van der Waals surface area contributed by atoms with Crippen LogP contribution >= 0.6 is 0 Å². The smallest absolute Gasteiger partial charge is 0.355 e. The first-order valence-corrected chi connectivity index (χ1v) is 7.32. The number of carbonyl (C=O) groups excluding carboxylic acids is 2. The third kappa shape index (κ3) is 3.55. The first-order valence-electron chi connectivity index (χ1n) is 7.32. The molecule has 6 heteroatoms. The Morgan fingerprint density at radius 1 is 1.04 bits per heavy atom.